The highest BCUT2D eigenvalue weighted by atomic mass is 32.2. The van der Waals surface area contributed by atoms with E-state index >= 15 is 0 Å². The SMILES string of the molecule is CCOC(C)=O.COC1=C(C(=O)OC(c2ccccc2)c2ccccc2)N2C(=O)[C@@H](NC(=O)Cc3ccccc3)[C@H]2S(=O)C1. The maximum Gasteiger partial charge on any atom is 0.359 e. The zero-order chi connectivity index (χ0) is 31.6. The molecule has 2 heterocycles. The lowest BCUT2D eigenvalue weighted by Crippen LogP contribution is -2.73. The van der Waals surface area contributed by atoms with Crippen LogP contribution in [0.5, 0.6) is 0 Å². The average molecular weight is 619 g/mol. The third-order valence-electron chi connectivity index (χ3n) is 6.83. The molecule has 0 spiro atoms. The number of carbonyl (C=O) groups is 4. The molecule has 44 heavy (non-hydrogen) atoms. The molecule has 3 aromatic rings. The minimum absolute atomic E-state index is 0.0772. The topological polar surface area (TPSA) is 128 Å². The van der Waals surface area contributed by atoms with Crippen molar-refractivity contribution >= 4 is 34.6 Å². The van der Waals surface area contributed by atoms with Gasteiger partial charge in [-0.05, 0) is 23.6 Å². The molecule has 10 nitrogen and oxygen atoms in total. The molecule has 1 unspecified atom stereocenters. The van der Waals surface area contributed by atoms with Crippen LogP contribution in [0.4, 0.5) is 0 Å². The molecule has 2 aliphatic rings. The molecule has 5 rings (SSSR count). The Balaban J connectivity index is 0.000000670. The van der Waals surface area contributed by atoms with Crippen LogP contribution in [0.1, 0.15) is 36.6 Å². The van der Waals surface area contributed by atoms with Crippen molar-refractivity contribution in [3.8, 4) is 0 Å². The van der Waals surface area contributed by atoms with Gasteiger partial charge in [0.25, 0.3) is 5.91 Å². The van der Waals surface area contributed by atoms with Crippen LogP contribution in [-0.2, 0) is 50.6 Å². The van der Waals surface area contributed by atoms with Crippen LogP contribution in [0.2, 0.25) is 0 Å². The zero-order valence-corrected chi connectivity index (χ0v) is 25.5. The number of ether oxygens (including phenoxy) is 3. The first-order valence-electron chi connectivity index (χ1n) is 14.0. The molecule has 0 saturated carbocycles. The number of fused-ring (bicyclic) bond motifs is 1. The minimum Gasteiger partial charge on any atom is -0.498 e. The number of benzene rings is 3. The number of β-lactam (4-membered cyclic amide) rings is 1. The minimum atomic E-state index is -1.59. The predicted molar refractivity (Wildman–Crippen MR) is 163 cm³/mol. The van der Waals surface area contributed by atoms with E-state index in [4.69, 9.17) is 9.47 Å². The molecule has 3 atom stereocenters. The van der Waals surface area contributed by atoms with Gasteiger partial charge in [0.1, 0.15) is 17.2 Å². The van der Waals surface area contributed by atoms with Gasteiger partial charge in [-0.3, -0.25) is 23.5 Å². The van der Waals surface area contributed by atoms with Crippen molar-refractivity contribution in [3.63, 3.8) is 0 Å². The maximum absolute atomic E-state index is 13.6. The van der Waals surface area contributed by atoms with Crippen molar-refractivity contribution in [2.45, 2.75) is 37.8 Å². The van der Waals surface area contributed by atoms with Gasteiger partial charge < -0.3 is 19.5 Å². The number of carbonyl (C=O) groups excluding carboxylic acids is 4. The van der Waals surface area contributed by atoms with Gasteiger partial charge in [-0.2, -0.15) is 0 Å². The van der Waals surface area contributed by atoms with E-state index in [1.165, 1.54) is 14.0 Å². The van der Waals surface area contributed by atoms with Crippen LogP contribution < -0.4 is 5.32 Å². The normalized spacial score (nSPS) is 18.7. The summed E-state index contributed by atoms with van der Waals surface area (Å²) in [5.74, 6) is -1.87. The molecule has 0 radical (unpaired) electrons. The second-order valence-electron chi connectivity index (χ2n) is 9.84. The van der Waals surface area contributed by atoms with Crippen LogP contribution >= 0.6 is 0 Å². The average Bonchev–Trinajstić information content (AvgIpc) is 3.03. The summed E-state index contributed by atoms with van der Waals surface area (Å²) in [6.45, 7) is 3.65. The molecular weight excluding hydrogens is 584 g/mol. The molecule has 230 valence electrons. The van der Waals surface area contributed by atoms with Gasteiger partial charge in [-0.25, -0.2) is 4.79 Å². The number of methoxy groups -OCH3 is 1. The number of nitrogens with one attached hydrogen (secondary N) is 1. The Labute approximate surface area is 258 Å². The molecule has 3 aromatic carbocycles. The van der Waals surface area contributed by atoms with E-state index in [2.05, 4.69) is 10.1 Å². The van der Waals surface area contributed by atoms with E-state index in [0.717, 1.165) is 21.6 Å². The van der Waals surface area contributed by atoms with E-state index in [9.17, 15) is 23.4 Å². The van der Waals surface area contributed by atoms with Crippen molar-refractivity contribution < 1.29 is 37.6 Å². The summed E-state index contributed by atoms with van der Waals surface area (Å²) >= 11 is 0. The molecule has 11 heteroatoms. The third-order valence-corrected chi connectivity index (χ3v) is 8.40. The Morgan fingerprint density at radius 3 is 1.95 bits per heavy atom. The number of hydrogen-bond acceptors (Lipinski definition) is 8. The van der Waals surface area contributed by atoms with Crippen molar-refractivity contribution in [3.05, 3.63) is 119 Å². The van der Waals surface area contributed by atoms with Crippen molar-refractivity contribution in [2.75, 3.05) is 19.5 Å². The second-order valence-corrected chi connectivity index (χ2v) is 11.4. The zero-order valence-electron chi connectivity index (χ0n) is 24.6. The highest BCUT2D eigenvalue weighted by molar-refractivity contribution is 7.86. The summed E-state index contributed by atoms with van der Waals surface area (Å²) in [5.41, 5.74) is 2.21. The summed E-state index contributed by atoms with van der Waals surface area (Å²) in [5, 5.41) is 1.80. The van der Waals surface area contributed by atoms with Gasteiger partial charge in [0.2, 0.25) is 5.91 Å². The van der Waals surface area contributed by atoms with Crippen molar-refractivity contribution in [2.24, 2.45) is 0 Å². The van der Waals surface area contributed by atoms with E-state index in [1.807, 2.05) is 91.0 Å². The molecule has 2 aliphatic heterocycles. The number of esters is 2. The molecule has 1 saturated heterocycles. The Morgan fingerprint density at radius 1 is 0.932 bits per heavy atom. The first-order chi connectivity index (χ1) is 21.2. The van der Waals surface area contributed by atoms with E-state index in [0.29, 0.717) is 6.61 Å². The van der Waals surface area contributed by atoms with Crippen LogP contribution in [0.3, 0.4) is 0 Å². The first kappa shape index (κ1) is 32.2. The Hall–Kier alpha value is -4.77. The second kappa shape index (κ2) is 15.1. The molecule has 1 N–H and O–H groups in total. The highest BCUT2D eigenvalue weighted by Crippen LogP contribution is 2.37. The lowest BCUT2D eigenvalue weighted by molar-refractivity contribution is -0.155. The maximum atomic E-state index is 13.6. The lowest BCUT2D eigenvalue weighted by atomic mass is 10.0. The molecule has 0 aromatic heterocycles. The Morgan fingerprint density at radius 2 is 1.48 bits per heavy atom. The predicted octanol–water partition coefficient (Wildman–Crippen LogP) is 3.40. The fourth-order valence-corrected chi connectivity index (χ4v) is 6.46. The van der Waals surface area contributed by atoms with Crippen LogP contribution in [0.15, 0.2) is 102 Å². The highest BCUT2D eigenvalue weighted by Gasteiger charge is 2.58. The summed E-state index contributed by atoms with van der Waals surface area (Å²) in [6.07, 6.45) is -0.660. The van der Waals surface area contributed by atoms with E-state index < -0.39 is 40.2 Å². The largest absolute Gasteiger partial charge is 0.498 e. The van der Waals surface area contributed by atoms with Crippen LogP contribution in [-0.4, -0.2) is 63.7 Å². The molecular formula is C33H34N2O8S. The number of hydrogen-bond donors (Lipinski definition) is 1. The number of rotatable bonds is 9. The van der Waals surface area contributed by atoms with Gasteiger partial charge in [0.05, 0.1) is 36.7 Å². The van der Waals surface area contributed by atoms with Crippen molar-refractivity contribution in [1.29, 1.82) is 0 Å². The molecule has 1 fully saturated rings. The van der Waals surface area contributed by atoms with Crippen molar-refractivity contribution in [1.82, 2.24) is 10.2 Å². The van der Waals surface area contributed by atoms with Gasteiger partial charge in [0, 0.05) is 6.92 Å². The van der Waals surface area contributed by atoms with Crippen LogP contribution in [0.25, 0.3) is 0 Å². The lowest BCUT2D eigenvalue weighted by Gasteiger charge is -2.48. The fourth-order valence-electron chi connectivity index (χ4n) is 4.85. The van der Waals surface area contributed by atoms with Gasteiger partial charge in [0.15, 0.2) is 11.8 Å². The van der Waals surface area contributed by atoms with Gasteiger partial charge >= 0.3 is 11.9 Å². The standard InChI is InChI=1S/C29H26N2O6S.C4H8O2/c1-36-22-18-38(35)28-24(30-23(32)17-19-11-5-2-6-12-19)27(33)31(28)25(22)29(34)37-26(20-13-7-3-8-14-20)21-15-9-4-10-16-21;1-3-6-4(2)5/h2-16,24,26,28H,17-18H2,1H3,(H,30,32);3H2,1-2H3/t24-,28-,38?;/m1./s1. The number of nitrogens with zero attached hydrogens (tertiary/aromatic N) is 1. The first-order valence-corrected chi connectivity index (χ1v) is 15.4. The molecule has 2 amide bonds. The molecule has 0 bridgehead atoms. The Bertz CT molecular complexity index is 1490. The van der Waals surface area contributed by atoms with E-state index in [1.54, 1.807) is 6.92 Å². The summed E-state index contributed by atoms with van der Waals surface area (Å²) in [6, 6.07) is 26.6. The van der Waals surface area contributed by atoms with Gasteiger partial charge in [-0.1, -0.05) is 91.0 Å². The monoisotopic (exact) mass is 618 g/mol. The smallest absolute Gasteiger partial charge is 0.359 e. The van der Waals surface area contributed by atoms with Crippen LogP contribution in [0, 0.1) is 0 Å². The summed E-state index contributed by atoms with van der Waals surface area (Å²) < 4.78 is 28.8. The summed E-state index contributed by atoms with van der Waals surface area (Å²) in [7, 11) is -0.237. The third kappa shape index (κ3) is 7.59. The quantitative estimate of drug-likeness (QED) is 0.286. The van der Waals surface area contributed by atoms with Gasteiger partial charge in [-0.15, -0.1) is 0 Å². The number of amides is 2. The Kier molecular flexibility index (Phi) is 11.0. The van der Waals surface area contributed by atoms with E-state index in [-0.39, 0.29) is 35.5 Å². The summed E-state index contributed by atoms with van der Waals surface area (Å²) in [4.78, 5) is 50.4. The fraction of sp³-hybridized carbons (Fsp3) is 0.273. The molecule has 0 aliphatic carbocycles.